The molecule has 1 rings (SSSR count). The molecule has 0 aliphatic heterocycles. The largest absolute Gasteiger partial charge is 0.355 e. The number of likely N-dealkylation sites (N-methyl/N-ethyl adjacent to an activating group) is 1. The summed E-state index contributed by atoms with van der Waals surface area (Å²) >= 11 is 12.0. The van der Waals surface area contributed by atoms with E-state index in [1.807, 2.05) is 19.9 Å². The average molecular weight is 289 g/mol. The zero-order chi connectivity index (χ0) is 13.5. The van der Waals surface area contributed by atoms with Crippen LogP contribution in [-0.4, -0.2) is 19.0 Å². The second kappa shape index (κ2) is 7.62. The van der Waals surface area contributed by atoms with Gasteiger partial charge >= 0.3 is 0 Å². The Balaban J connectivity index is 2.68. The summed E-state index contributed by atoms with van der Waals surface area (Å²) in [5, 5.41) is 7.17. The highest BCUT2D eigenvalue weighted by atomic mass is 35.5. The van der Waals surface area contributed by atoms with Crippen LogP contribution < -0.4 is 10.6 Å². The molecule has 0 spiro atoms. The lowest BCUT2D eigenvalue weighted by Crippen LogP contribution is -2.35. The highest BCUT2D eigenvalue weighted by Gasteiger charge is 2.13. The molecule has 18 heavy (non-hydrogen) atoms. The van der Waals surface area contributed by atoms with Gasteiger partial charge in [0.15, 0.2) is 0 Å². The maximum absolute atomic E-state index is 11.4. The van der Waals surface area contributed by atoms with Crippen LogP contribution in [0, 0.1) is 0 Å². The average Bonchev–Trinajstić information content (AvgIpc) is 2.32. The molecule has 0 aromatic heterocycles. The van der Waals surface area contributed by atoms with Crippen molar-refractivity contribution in [3.8, 4) is 0 Å². The van der Waals surface area contributed by atoms with Gasteiger partial charge in [0, 0.05) is 22.6 Å². The Morgan fingerprint density at radius 3 is 2.61 bits per heavy atom. The summed E-state index contributed by atoms with van der Waals surface area (Å²) in [6, 6.07) is 5.47. The predicted molar refractivity (Wildman–Crippen MR) is 76.2 cm³/mol. The quantitative estimate of drug-likeness (QED) is 0.844. The molecule has 0 heterocycles. The van der Waals surface area contributed by atoms with Crippen molar-refractivity contribution in [2.24, 2.45) is 0 Å². The van der Waals surface area contributed by atoms with Crippen LogP contribution in [0.1, 0.15) is 31.9 Å². The zero-order valence-corrected chi connectivity index (χ0v) is 12.1. The van der Waals surface area contributed by atoms with Gasteiger partial charge in [-0.25, -0.2) is 0 Å². The van der Waals surface area contributed by atoms with E-state index in [9.17, 15) is 4.79 Å². The molecule has 2 N–H and O–H groups in total. The number of hydrogen-bond donors (Lipinski definition) is 2. The molecule has 1 atom stereocenters. The fourth-order valence-corrected chi connectivity index (χ4v) is 2.27. The molecule has 0 aliphatic carbocycles. The maximum atomic E-state index is 11.4. The number of halogens is 2. The first kappa shape index (κ1) is 15.3. The number of amides is 1. The third kappa shape index (κ3) is 4.48. The smallest absolute Gasteiger partial charge is 0.233 e. The number of benzene rings is 1. The lowest BCUT2D eigenvalue weighted by molar-refractivity contribution is -0.120. The van der Waals surface area contributed by atoms with Crippen LogP contribution in [0.15, 0.2) is 18.2 Å². The van der Waals surface area contributed by atoms with Gasteiger partial charge in [-0.2, -0.15) is 0 Å². The van der Waals surface area contributed by atoms with Crippen molar-refractivity contribution >= 4 is 29.1 Å². The molecule has 100 valence electrons. The SMILES string of the molecule is CCNC(=O)CNC(CC)c1ccc(Cl)cc1Cl. The first-order valence-electron chi connectivity index (χ1n) is 6.03. The maximum Gasteiger partial charge on any atom is 0.233 e. The minimum absolute atomic E-state index is 0.0129. The van der Waals surface area contributed by atoms with Crippen molar-refractivity contribution in [2.75, 3.05) is 13.1 Å². The predicted octanol–water partition coefficient (Wildman–Crippen LogP) is 3.17. The van der Waals surface area contributed by atoms with Crippen LogP contribution in [-0.2, 0) is 4.79 Å². The minimum Gasteiger partial charge on any atom is -0.355 e. The van der Waals surface area contributed by atoms with Crippen LogP contribution in [0.4, 0.5) is 0 Å². The zero-order valence-electron chi connectivity index (χ0n) is 10.6. The molecule has 0 saturated carbocycles. The number of carbonyl (C=O) groups is 1. The normalized spacial score (nSPS) is 12.2. The monoisotopic (exact) mass is 288 g/mol. The highest BCUT2D eigenvalue weighted by molar-refractivity contribution is 6.35. The highest BCUT2D eigenvalue weighted by Crippen LogP contribution is 2.27. The standard InChI is InChI=1S/C13H18Cl2N2O/c1-3-12(17-8-13(18)16-4-2)10-6-5-9(14)7-11(10)15/h5-7,12,17H,3-4,8H2,1-2H3,(H,16,18). The summed E-state index contributed by atoms with van der Waals surface area (Å²) in [7, 11) is 0. The molecule has 5 heteroatoms. The topological polar surface area (TPSA) is 41.1 Å². The van der Waals surface area contributed by atoms with Crippen LogP contribution in [0.5, 0.6) is 0 Å². The van der Waals surface area contributed by atoms with Crippen molar-refractivity contribution in [1.29, 1.82) is 0 Å². The molecule has 3 nitrogen and oxygen atoms in total. The molecule has 1 unspecified atom stereocenters. The van der Waals surface area contributed by atoms with Gasteiger partial charge in [-0.05, 0) is 31.0 Å². The fourth-order valence-electron chi connectivity index (χ4n) is 1.73. The van der Waals surface area contributed by atoms with E-state index < -0.39 is 0 Å². The molecule has 0 bridgehead atoms. The third-order valence-corrected chi connectivity index (χ3v) is 3.19. The van der Waals surface area contributed by atoms with Crippen LogP contribution in [0.25, 0.3) is 0 Å². The van der Waals surface area contributed by atoms with Crippen molar-refractivity contribution in [1.82, 2.24) is 10.6 Å². The summed E-state index contributed by atoms with van der Waals surface area (Å²) in [5.74, 6) is -0.0129. The van der Waals surface area contributed by atoms with Gasteiger partial charge in [-0.1, -0.05) is 36.2 Å². The lowest BCUT2D eigenvalue weighted by atomic mass is 10.0. The third-order valence-electron chi connectivity index (χ3n) is 2.63. The van der Waals surface area contributed by atoms with Crippen molar-refractivity contribution < 1.29 is 4.79 Å². The second-order valence-electron chi connectivity index (χ2n) is 3.96. The van der Waals surface area contributed by atoms with Gasteiger partial charge < -0.3 is 10.6 Å². The summed E-state index contributed by atoms with van der Waals surface area (Å²) in [4.78, 5) is 11.4. The number of nitrogens with one attached hydrogen (secondary N) is 2. The van der Waals surface area contributed by atoms with E-state index in [0.717, 1.165) is 12.0 Å². The van der Waals surface area contributed by atoms with Gasteiger partial charge in [0.25, 0.3) is 0 Å². The van der Waals surface area contributed by atoms with E-state index in [4.69, 9.17) is 23.2 Å². The molecule has 1 aromatic carbocycles. The second-order valence-corrected chi connectivity index (χ2v) is 4.80. The lowest BCUT2D eigenvalue weighted by Gasteiger charge is -2.18. The van der Waals surface area contributed by atoms with Gasteiger partial charge in [0.05, 0.1) is 6.54 Å². The van der Waals surface area contributed by atoms with Gasteiger partial charge in [-0.15, -0.1) is 0 Å². The first-order valence-corrected chi connectivity index (χ1v) is 6.79. The Morgan fingerprint density at radius 1 is 1.33 bits per heavy atom. The van der Waals surface area contributed by atoms with E-state index in [1.165, 1.54) is 0 Å². The van der Waals surface area contributed by atoms with Crippen molar-refractivity contribution in [3.05, 3.63) is 33.8 Å². The summed E-state index contributed by atoms with van der Waals surface area (Å²) in [5.41, 5.74) is 0.966. The number of rotatable bonds is 6. The summed E-state index contributed by atoms with van der Waals surface area (Å²) in [6.07, 6.45) is 0.848. The Kier molecular flexibility index (Phi) is 6.47. The molecule has 1 aromatic rings. The minimum atomic E-state index is -0.0129. The molecule has 0 fully saturated rings. The Bertz CT molecular complexity index is 410. The Hall–Kier alpha value is -0.770. The van der Waals surface area contributed by atoms with E-state index in [1.54, 1.807) is 12.1 Å². The van der Waals surface area contributed by atoms with Crippen LogP contribution in [0.3, 0.4) is 0 Å². The van der Waals surface area contributed by atoms with Gasteiger partial charge in [0.1, 0.15) is 0 Å². The molecule has 1 amide bonds. The van der Waals surface area contributed by atoms with E-state index in [-0.39, 0.29) is 18.5 Å². The fraction of sp³-hybridized carbons (Fsp3) is 0.462. The molecule has 0 radical (unpaired) electrons. The van der Waals surface area contributed by atoms with E-state index in [2.05, 4.69) is 10.6 Å². The van der Waals surface area contributed by atoms with E-state index in [0.29, 0.717) is 16.6 Å². The first-order chi connectivity index (χ1) is 8.58. The number of carbonyl (C=O) groups excluding carboxylic acids is 1. The van der Waals surface area contributed by atoms with Gasteiger partial charge in [0.2, 0.25) is 5.91 Å². The molecule has 0 aliphatic rings. The van der Waals surface area contributed by atoms with E-state index >= 15 is 0 Å². The van der Waals surface area contributed by atoms with Crippen LogP contribution >= 0.6 is 23.2 Å². The Labute approximate surface area is 118 Å². The molecular formula is C13H18Cl2N2O. The Morgan fingerprint density at radius 2 is 2.06 bits per heavy atom. The van der Waals surface area contributed by atoms with Crippen molar-refractivity contribution in [3.63, 3.8) is 0 Å². The summed E-state index contributed by atoms with van der Waals surface area (Å²) < 4.78 is 0. The van der Waals surface area contributed by atoms with Crippen LogP contribution in [0.2, 0.25) is 10.0 Å². The molecule has 0 saturated heterocycles. The van der Waals surface area contributed by atoms with Gasteiger partial charge in [-0.3, -0.25) is 4.79 Å². The van der Waals surface area contributed by atoms with Crippen molar-refractivity contribution in [2.45, 2.75) is 26.3 Å². The summed E-state index contributed by atoms with van der Waals surface area (Å²) in [6.45, 7) is 4.86. The number of hydrogen-bond acceptors (Lipinski definition) is 2. The molecular weight excluding hydrogens is 271 g/mol.